The minimum absolute atomic E-state index is 0.891. The maximum absolute atomic E-state index is 2.37. The van der Waals surface area contributed by atoms with E-state index in [1.165, 1.54) is 22.2 Å². The lowest BCUT2D eigenvalue weighted by molar-refractivity contribution is -0.664. The molecule has 98 valence electrons. The Morgan fingerprint density at radius 3 is 2.40 bits per heavy atom. The average Bonchev–Trinajstić information content (AvgIpc) is 2.51. The van der Waals surface area contributed by atoms with E-state index < -0.39 is 0 Å². The topological polar surface area (TPSA) is 3.88 Å². The summed E-state index contributed by atoms with van der Waals surface area (Å²) in [5, 5.41) is 1.27. The molecule has 3 rings (SSSR count). The maximum Gasteiger partial charge on any atom is 0.213 e. The van der Waals surface area contributed by atoms with Crippen molar-refractivity contribution in [2.24, 2.45) is 0 Å². The number of para-hydroxylation sites is 1. The normalized spacial score (nSPS) is 11.2. The number of benzene rings is 2. The molecule has 0 fully saturated rings. The SMILES string of the molecule is CC=Cc1ccc2ccccc2[n+]1Cc1ccccc1. The van der Waals surface area contributed by atoms with Gasteiger partial charge in [0.1, 0.15) is 0 Å². The zero-order valence-electron chi connectivity index (χ0n) is 11.7. The van der Waals surface area contributed by atoms with Crippen molar-refractivity contribution >= 4 is 17.0 Å². The first-order valence-electron chi connectivity index (χ1n) is 6.97. The van der Waals surface area contributed by atoms with E-state index in [2.05, 4.69) is 90.4 Å². The smallest absolute Gasteiger partial charge is 0.187 e. The fraction of sp³-hybridized carbons (Fsp3) is 0.105. The van der Waals surface area contributed by atoms with E-state index in [9.17, 15) is 0 Å². The quantitative estimate of drug-likeness (QED) is 0.621. The van der Waals surface area contributed by atoms with Crippen LogP contribution in [0, 0.1) is 0 Å². The lowest BCUT2D eigenvalue weighted by atomic mass is 10.1. The largest absolute Gasteiger partial charge is 0.213 e. The predicted octanol–water partition coefficient (Wildman–Crippen LogP) is 4.21. The van der Waals surface area contributed by atoms with Crippen LogP contribution in [-0.4, -0.2) is 0 Å². The third-order valence-corrected chi connectivity index (χ3v) is 3.49. The fourth-order valence-corrected chi connectivity index (χ4v) is 2.54. The Bertz CT molecular complexity index is 742. The summed E-state index contributed by atoms with van der Waals surface area (Å²) in [5.74, 6) is 0. The van der Waals surface area contributed by atoms with Gasteiger partial charge >= 0.3 is 0 Å². The van der Waals surface area contributed by atoms with Gasteiger partial charge in [-0.3, -0.25) is 0 Å². The molecule has 1 heteroatoms. The van der Waals surface area contributed by atoms with Crippen LogP contribution >= 0.6 is 0 Å². The van der Waals surface area contributed by atoms with Gasteiger partial charge < -0.3 is 0 Å². The summed E-state index contributed by atoms with van der Waals surface area (Å²) in [6, 6.07) is 23.5. The van der Waals surface area contributed by atoms with Crippen molar-refractivity contribution in [3.8, 4) is 0 Å². The molecule has 0 aliphatic carbocycles. The molecule has 0 unspecified atom stereocenters. The second-order valence-corrected chi connectivity index (χ2v) is 4.89. The van der Waals surface area contributed by atoms with E-state index in [0.29, 0.717) is 0 Å². The van der Waals surface area contributed by atoms with Gasteiger partial charge in [-0.2, -0.15) is 4.57 Å². The summed E-state index contributed by atoms with van der Waals surface area (Å²) in [6.07, 6.45) is 4.25. The Labute approximate surface area is 119 Å². The highest BCUT2D eigenvalue weighted by Gasteiger charge is 2.13. The first-order chi connectivity index (χ1) is 9.88. The Hall–Kier alpha value is -2.41. The van der Waals surface area contributed by atoms with Crippen LogP contribution in [0.5, 0.6) is 0 Å². The lowest BCUT2D eigenvalue weighted by Crippen LogP contribution is -2.38. The molecule has 0 spiro atoms. The van der Waals surface area contributed by atoms with E-state index in [1.807, 2.05) is 0 Å². The van der Waals surface area contributed by atoms with E-state index in [-0.39, 0.29) is 0 Å². The maximum atomic E-state index is 2.37. The van der Waals surface area contributed by atoms with Gasteiger partial charge in [-0.05, 0) is 19.1 Å². The van der Waals surface area contributed by atoms with Crippen LogP contribution in [0.3, 0.4) is 0 Å². The molecule has 1 heterocycles. The molecule has 0 atom stereocenters. The highest BCUT2D eigenvalue weighted by molar-refractivity contribution is 5.76. The Morgan fingerprint density at radius 2 is 1.60 bits per heavy atom. The molecule has 1 nitrogen and oxygen atoms in total. The highest BCUT2D eigenvalue weighted by atomic mass is 15.0. The van der Waals surface area contributed by atoms with Gasteiger partial charge in [0.05, 0.1) is 0 Å². The van der Waals surface area contributed by atoms with Gasteiger partial charge in [0.15, 0.2) is 6.54 Å². The summed E-state index contributed by atoms with van der Waals surface area (Å²) in [4.78, 5) is 0. The van der Waals surface area contributed by atoms with Crippen LogP contribution in [0.15, 0.2) is 72.8 Å². The number of allylic oxidation sites excluding steroid dienone is 1. The lowest BCUT2D eigenvalue weighted by Gasteiger charge is -2.05. The van der Waals surface area contributed by atoms with Crippen molar-refractivity contribution in [2.45, 2.75) is 13.5 Å². The van der Waals surface area contributed by atoms with Crippen LogP contribution in [0.25, 0.3) is 17.0 Å². The minimum Gasteiger partial charge on any atom is -0.187 e. The van der Waals surface area contributed by atoms with Gasteiger partial charge in [0.2, 0.25) is 11.2 Å². The van der Waals surface area contributed by atoms with E-state index in [1.54, 1.807) is 0 Å². The number of fused-ring (bicyclic) bond motifs is 1. The fourth-order valence-electron chi connectivity index (χ4n) is 2.54. The van der Waals surface area contributed by atoms with Crippen LogP contribution in [-0.2, 0) is 6.54 Å². The average molecular weight is 260 g/mol. The molecule has 3 aromatic rings. The molecule has 0 N–H and O–H groups in total. The van der Waals surface area contributed by atoms with Crippen molar-refractivity contribution in [2.75, 3.05) is 0 Å². The second kappa shape index (κ2) is 5.70. The summed E-state index contributed by atoms with van der Waals surface area (Å²) >= 11 is 0. The van der Waals surface area contributed by atoms with Crippen molar-refractivity contribution < 1.29 is 4.57 Å². The Morgan fingerprint density at radius 1 is 0.850 bits per heavy atom. The predicted molar refractivity (Wildman–Crippen MR) is 84.4 cm³/mol. The van der Waals surface area contributed by atoms with Crippen LogP contribution in [0.2, 0.25) is 0 Å². The summed E-state index contributed by atoms with van der Waals surface area (Å²) in [7, 11) is 0. The van der Waals surface area contributed by atoms with Gasteiger partial charge in [-0.1, -0.05) is 48.5 Å². The van der Waals surface area contributed by atoms with Crippen LogP contribution in [0.1, 0.15) is 18.2 Å². The van der Waals surface area contributed by atoms with Crippen molar-refractivity contribution in [3.05, 3.63) is 84.1 Å². The molecule has 0 saturated carbocycles. The number of hydrogen-bond donors (Lipinski definition) is 0. The highest BCUT2D eigenvalue weighted by Crippen LogP contribution is 2.12. The Balaban J connectivity index is 2.17. The zero-order chi connectivity index (χ0) is 13.8. The van der Waals surface area contributed by atoms with Crippen molar-refractivity contribution in [1.29, 1.82) is 0 Å². The number of hydrogen-bond acceptors (Lipinski definition) is 0. The molecular formula is C19H18N+. The van der Waals surface area contributed by atoms with E-state index in [4.69, 9.17) is 0 Å². The molecule has 20 heavy (non-hydrogen) atoms. The van der Waals surface area contributed by atoms with E-state index in [0.717, 1.165) is 6.54 Å². The molecule has 0 radical (unpaired) electrons. The second-order valence-electron chi connectivity index (χ2n) is 4.89. The first kappa shape index (κ1) is 12.6. The number of pyridine rings is 1. The van der Waals surface area contributed by atoms with Crippen molar-refractivity contribution in [1.82, 2.24) is 0 Å². The zero-order valence-corrected chi connectivity index (χ0v) is 11.7. The number of nitrogens with zero attached hydrogens (tertiary/aromatic N) is 1. The van der Waals surface area contributed by atoms with Gasteiger partial charge in [-0.15, -0.1) is 0 Å². The molecule has 0 amide bonds. The standard InChI is InChI=1S/C19H18N/c1-2-8-18-14-13-17-11-6-7-12-19(17)20(18)15-16-9-4-3-5-10-16/h2-14H,15H2,1H3/q+1. The number of rotatable bonds is 3. The first-order valence-corrected chi connectivity index (χ1v) is 6.97. The molecule has 2 aromatic carbocycles. The molecule has 1 aromatic heterocycles. The molecule has 0 aliphatic heterocycles. The van der Waals surface area contributed by atoms with Gasteiger partial charge in [-0.25, -0.2) is 0 Å². The van der Waals surface area contributed by atoms with Crippen molar-refractivity contribution in [3.63, 3.8) is 0 Å². The molecule has 0 saturated heterocycles. The summed E-state index contributed by atoms with van der Waals surface area (Å²) in [5.41, 5.74) is 3.82. The summed E-state index contributed by atoms with van der Waals surface area (Å²) in [6.45, 7) is 2.95. The third kappa shape index (κ3) is 2.48. The summed E-state index contributed by atoms with van der Waals surface area (Å²) < 4.78 is 2.37. The van der Waals surface area contributed by atoms with Crippen LogP contribution in [0.4, 0.5) is 0 Å². The third-order valence-electron chi connectivity index (χ3n) is 3.49. The Kier molecular flexibility index (Phi) is 3.60. The number of aromatic nitrogens is 1. The monoisotopic (exact) mass is 260 g/mol. The van der Waals surface area contributed by atoms with Gasteiger partial charge in [0.25, 0.3) is 0 Å². The molecular weight excluding hydrogens is 242 g/mol. The molecule has 0 bridgehead atoms. The molecule has 0 aliphatic rings. The van der Waals surface area contributed by atoms with Gasteiger partial charge in [0, 0.05) is 29.2 Å². The van der Waals surface area contributed by atoms with E-state index >= 15 is 0 Å². The minimum atomic E-state index is 0.891. The van der Waals surface area contributed by atoms with Crippen LogP contribution < -0.4 is 4.57 Å².